The predicted octanol–water partition coefficient (Wildman–Crippen LogP) is 4.81. The first-order valence-corrected chi connectivity index (χ1v) is 15.0. The summed E-state index contributed by atoms with van der Waals surface area (Å²) in [5.41, 5.74) is 3.54. The van der Waals surface area contributed by atoms with Crippen molar-refractivity contribution in [2.24, 2.45) is 23.7 Å². The van der Waals surface area contributed by atoms with Gasteiger partial charge in [0, 0.05) is 29.6 Å². The molecule has 4 amide bonds. The molecular formula is C34H29ClFN3O6. The van der Waals surface area contributed by atoms with E-state index in [1.54, 1.807) is 30.3 Å². The van der Waals surface area contributed by atoms with E-state index in [1.165, 1.54) is 50.6 Å². The number of hydrogen-bond donors (Lipinski definition) is 2. The lowest BCUT2D eigenvalue weighted by Crippen LogP contribution is -2.53. The Labute approximate surface area is 263 Å². The van der Waals surface area contributed by atoms with E-state index in [1.807, 2.05) is 6.08 Å². The van der Waals surface area contributed by atoms with E-state index in [0.717, 1.165) is 15.5 Å². The molecule has 6 atom stereocenters. The summed E-state index contributed by atoms with van der Waals surface area (Å²) in [7, 11) is 2.93. The van der Waals surface area contributed by atoms with Crippen LogP contribution in [0.2, 0.25) is 5.02 Å². The van der Waals surface area contributed by atoms with E-state index in [9.17, 15) is 23.9 Å². The van der Waals surface area contributed by atoms with Crippen molar-refractivity contribution in [2.75, 3.05) is 19.6 Å². The molecule has 2 aliphatic heterocycles. The third-order valence-corrected chi connectivity index (χ3v) is 10.3. The number of imide groups is 2. The number of nitrogens with one attached hydrogen (secondary N) is 1. The fraction of sp³-hybridized carbons (Fsp3) is 0.294. The van der Waals surface area contributed by atoms with Gasteiger partial charge in [-0.3, -0.25) is 29.5 Å². The summed E-state index contributed by atoms with van der Waals surface area (Å²) < 4.78 is 19.5. The molecule has 2 aliphatic carbocycles. The maximum absolute atomic E-state index is 15.0. The fourth-order valence-corrected chi connectivity index (χ4v) is 8.22. The number of hydrazine groups is 1. The molecule has 0 spiro atoms. The van der Waals surface area contributed by atoms with Gasteiger partial charge in [-0.15, -0.1) is 0 Å². The second-order valence-corrected chi connectivity index (χ2v) is 12.5. The van der Waals surface area contributed by atoms with Crippen molar-refractivity contribution in [3.05, 3.63) is 100 Å². The van der Waals surface area contributed by atoms with Gasteiger partial charge in [-0.1, -0.05) is 41.4 Å². The highest BCUT2D eigenvalue weighted by molar-refractivity contribution is 6.30. The molecule has 11 heteroatoms. The number of phenolic OH excluding ortho intramolecular Hbond substituents is 1. The largest absolute Gasteiger partial charge is 0.508 e. The molecule has 0 aromatic heterocycles. The molecule has 2 saturated heterocycles. The summed E-state index contributed by atoms with van der Waals surface area (Å²) in [6.07, 6.45) is 2.36. The molecule has 2 N–H and O–H groups in total. The summed E-state index contributed by atoms with van der Waals surface area (Å²) in [6, 6.07) is 16.7. The molecule has 1 saturated carbocycles. The Kier molecular flexibility index (Phi) is 6.74. The topological polar surface area (TPSA) is 116 Å². The molecule has 0 bridgehead atoms. The normalized spacial score (nSPS) is 28.9. The lowest BCUT2D eigenvalue weighted by molar-refractivity contribution is -0.140. The van der Waals surface area contributed by atoms with Crippen LogP contribution in [-0.4, -0.2) is 52.8 Å². The molecule has 3 aromatic carbocycles. The molecule has 6 unspecified atom stereocenters. The highest BCUT2D eigenvalue weighted by Gasteiger charge is 2.70. The fourth-order valence-electron chi connectivity index (χ4n) is 8.10. The standard InChI is InChI=1S/C34H29ClFN3O6/c1-38-30(41)24-14-13-22-25(28(24)32(38)43)16-26-31(42)39(37-20-9-7-19(36)8-10-20)33(44)34(26,17-3-5-18(35)6-4-17)29(22)23-12-11-21(40)15-27(23)45-2/h3-13,15,24-26,28-29,37,40H,14,16H2,1-2H3. The van der Waals surface area contributed by atoms with Gasteiger partial charge < -0.3 is 9.84 Å². The van der Waals surface area contributed by atoms with Gasteiger partial charge in [0.15, 0.2) is 0 Å². The van der Waals surface area contributed by atoms with Crippen molar-refractivity contribution in [1.29, 1.82) is 0 Å². The first kappa shape index (κ1) is 29.0. The number of rotatable bonds is 5. The van der Waals surface area contributed by atoms with Gasteiger partial charge in [0.05, 0.1) is 36.0 Å². The second-order valence-electron chi connectivity index (χ2n) is 12.0. The number of allylic oxidation sites excluding steroid dienone is 2. The summed E-state index contributed by atoms with van der Waals surface area (Å²) in [5.74, 6) is -5.46. The van der Waals surface area contributed by atoms with Crippen LogP contribution < -0.4 is 10.2 Å². The predicted molar refractivity (Wildman–Crippen MR) is 161 cm³/mol. The first-order valence-electron chi connectivity index (χ1n) is 14.6. The van der Waals surface area contributed by atoms with Crippen molar-refractivity contribution >= 4 is 40.9 Å². The Morgan fingerprint density at radius 3 is 2.36 bits per heavy atom. The molecule has 3 fully saturated rings. The number of phenols is 1. The number of nitrogens with zero attached hydrogens (tertiary/aromatic N) is 2. The minimum Gasteiger partial charge on any atom is -0.508 e. The maximum atomic E-state index is 15.0. The Bertz CT molecular complexity index is 1790. The number of benzene rings is 3. The average Bonchev–Trinajstić information content (AvgIpc) is 3.39. The number of hydrogen-bond acceptors (Lipinski definition) is 7. The number of fused-ring (bicyclic) bond motifs is 4. The Morgan fingerprint density at radius 1 is 0.956 bits per heavy atom. The summed E-state index contributed by atoms with van der Waals surface area (Å²) in [4.78, 5) is 57.4. The van der Waals surface area contributed by atoms with Crippen molar-refractivity contribution in [3.8, 4) is 11.5 Å². The second kappa shape index (κ2) is 10.4. The van der Waals surface area contributed by atoms with Gasteiger partial charge in [0.25, 0.3) is 11.8 Å². The molecule has 0 radical (unpaired) electrons. The highest BCUT2D eigenvalue weighted by atomic mass is 35.5. The van der Waals surface area contributed by atoms with E-state index >= 15 is 4.79 Å². The number of likely N-dealkylation sites (tertiary alicyclic amines) is 1. The monoisotopic (exact) mass is 629 g/mol. The van der Waals surface area contributed by atoms with E-state index < -0.39 is 52.6 Å². The van der Waals surface area contributed by atoms with E-state index in [-0.39, 0.29) is 24.0 Å². The molecule has 3 aromatic rings. The molecule has 4 aliphatic rings. The van der Waals surface area contributed by atoms with Crippen LogP contribution in [0.25, 0.3) is 0 Å². The lowest BCUT2D eigenvalue weighted by Gasteiger charge is -2.50. The van der Waals surface area contributed by atoms with Gasteiger partial charge in [-0.2, -0.15) is 5.01 Å². The van der Waals surface area contributed by atoms with Crippen molar-refractivity contribution in [3.63, 3.8) is 0 Å². The molecule has 230 valence electrons. The minimum absolute atomic E-state index is 0.0515. The lowest BCUT2D eigenvalue weighted by atomic mass is 9.49. The van der Waals surface area contributed by atoms with Crippen molar-refractivity contribution in [2.45, 2.75) is 24.2 Å². The summed E-state index contributed by atoms with van der Waals surface area (Å²) in [6.45, 7) is 0. The number of ether oxygens (including phenoxy) is 1. The van der Waals surface area contributed by atoms with Crippen LogP contribution in [0.3, 0.4) is 0 Å². The van der Waals surface area contributed by atoms with Crippen LogP contribution in [0.5, 0.6) is 11.5 Å². The van der Waals surface area contributed by atoms with Crippen LogP contribution in [-0.2, 0) is 24.6 Å². The van der Waals surface area contributed by atoms with Crippen LogP contribution >= 0.6 is 11.6 Å². The number of carbonyl (C=O) groups is 4. The summed E-state index contributed by atoms with van der Waals surface area (Å²) >= 11 is 6.30. The average molecular weight is 630 g/mol. The van der Waals surface area contributed by atoms with Gasteiger partial charge in [-0.25, -0.2) is 4.39 Å². The van der Waals surface area contributed by atoms with E-state index in [2.05, 4.69) is 5.43 Å². The molecule has 9 nitrogen and oxygen atoms in total. The van der Waals surface area contributed by atoms with E-state index in [0.29, 0.717) is 34.0 Å². The number of aromatic hydroxyl groups is 1. The number of anilines is 1. The molecule has 45 heavy (non-hydrogen) atoms. The smallest absolute Gasteiger partial charge is 0.260 e. The Balaban J connectivity index is 1.49. The maximum Gasteiger partial charge on any atom is 0.260 e. The van der Waals surface area contributed by atoms with Crippen LogP contribution in [0.15, 0.2) is 78.4 Å². The van der Waals surface area contributed by atoms with Crippen LogP contribution in [0, 0.1) is 29.5 Å². The van der Waals surface area contributed by atoms with Gasteiger partial charge >= 0.3 is 0 Å². The number of methoxy groups -OCH3 is 1. The van der Waals surface area contributed by atoms with Gasteiger partial charge in [0.2, 0.25) is 11.8 Å². The molecule has 2 heterocycles. The Hall–Kier alpha value is -4.70. The zero-order valence-corrected chi connectivity index (χ0v) is 25.1. The van der Waals surface area contributed by atoms with Crippen LogP contribution in [0.4, 0.5) is 10.1 Å². The van der Waals surface area contributed by atoms with Gasteiger partial charge in [-0.05, 0) is 66.8 Å². The van der Waals surface area contributed by atoms with Crippen molar-refractivity contribution in [1.82, 2.24) is 9.91 Å². The zero-order chi connectivity index (χ0) is 31.8. The molecule has 7 rings (SSSR count). The van der Waals surface area contributed by atoms with Crippen LogP contribution in [0.1, 0.15) is 29.9 Å². The number of carbonyl (C=O) groups excluding carboxylic acids is 4. The third kappa shape index (κ3) is 4.11. The SMILES string of the molecule is COc1cc(O)ccc1C1C2=CCC3C(=O)N(C)C(=O)C3C2CC2C(=O)N(Nc3ccc(F)cc3)C(=O)C21c1ccc(Cl)cc1. The van der Waals surface area contributed by atoms with E-state index in [4.69, 9.17) is 16.3 Å². The number of halogens is 2. The highest BCUT2D eigenvalue weighted by Crippen LogP contribution is 2.65. The summed E-state index contributed by atoms with van der Waals surface area (Å²) in [5, 5.41) is 11.8. The Morgan fingerprint density at radius 2 is 1.67 bits per heavy atom. The minimum atomic E-state index is -1.54. The van der Waals surface area contributed by atoms with Crippen molar-refractivity contribution < 1.29 is 33.4 Å². The van der Waals surface area contributed by atoms with Gasteiger partial charge in [0.1, 0.15) is 17.3 Å². The third-order valence-electron chi connectivity index (χ3n) is 10.0. The quantitative estimate of drug-likeness (QED) is 0.307. The first-order chi connectivity index (χ1) is 21.6. The molecular weight excluding hydrogens is 601 g/mol. The number of amides is 4. The zero-order valence-electron chi connectivity index (χ0n) is 24.4.